The molecule has 1 saturated heterocycles. The Hall–Kier alpha value is -3.50. The van der Waals surface area contributed by atoms with Crippen LogP contribution < -0.4 is 11.1 Å². The van der Waals surface area contributed by atoms with Crippen LogP contribution in [0.3, 0.4) is 0 Å². The number of aromatic nitrogens is 5. The predicted octanol–water partition coefficient (Wildman–Crippen LogP) is 1.99. The van der Waals surface area contributed by atoms with E-state index in [0.717, 1.165) is 29.4 Å². The summed E-state index contributed by atoms with van der Waals surface area (Å²) in [6.07, 6.45) is 8.64. The summed E-state index contributed by atoms with van der Waals surface area (Å²) in [5, 5.41) is 16.8. The van der Waals surface area contributed by atoms with E-state index in [1.54, 1.807) is 17.8 Å². The second-order valence-electron chi connectivity index (χ2n) is 8.04. The number of rotatable bonds is 4. The fraction of sp³-hybridized carbons (Fsp3) is 0.364. The number of aliphatic hydroxyl groups is 1. The Labute approximate surface area is 184 Å². The van der Waals surface area contributed by atoms with Gasteiger partial charge in [0.05, 0.1) is 37.3 Å². The Morgan fingerprint density at radius 1 is 1.31 bits per heavy atom. The van der Waals surface area contributed by atoms with Crippen molar-refractivity contribution in [3.8, 4) is 11.3 Å². The summed E-state index contributed by atoms with van der Waals surface area (Å²) in [5.41, 5.74) is 8.71. The van der Waals surface area contributed by atoms with Crippen molar-refractivity contribution in [2.75, 3.05) is 25.6 Å². The summed E-state index contributed by atoms with van der Waals surface area (Å²) >= 11 is 0. The molecule has 4 N–H and O–H groups in total. The smallest absolute Gasteiger partial charge is 0.254 e. The van der Waals surface area contributed by atoms with Gasteiger partial charge in [-0.25, -0.2) is 9.97 Å². The van der Waals surface area contributed by atoms with Gasteiger partial charge in [0, 0.05) is 36.5 Å². The highest BCUT2D eigenvalue weighted by Gasteiger charge is 2.25. The number of aliphatic hydroxyl groups excluding tert-OH is 1. The van der Waals surface area contributed by atoms with Crippen LogP contribution in [-0.4, -0.2) is 61.5 Å². The van der Waals surface area contributed by atoms with E-state index in [1.807, 2.05) is 24.4 Å². The molecule has 0 atom stereocenters. The fourth-order valence-corrected chi connectivity index (χ4v) is 3.79. The molecule has 1 aliphatic carbocycles. The van der Waals surface area contributed by atoms with E-state index in [1.165, 1.54) is 12.6 Å². The zero-order valence-corrected chi connectivity index (χ0v) is 17.7. The standard InChI is InChI=1S/C18H17N7O2.C4H8O/c1-20-15-5-14(23-18-12(16(19)26)6-22-25(15)18)13-7-24(10-8-27-9-10)17-11(13)3-2-4-21-17;5-4-2-1-3-4/h2-7,10,20H,8-9H2,1H3,(H2,19,26);4-5H,1-3H2. The SMILES string of the molecule is CNc1cc(-c2cn(C3COC3)c3ncccc23)nc2c(C(N)=O)cnn12.OC1CCC1. The van der Waals surface area contributed by atoms with E-state index < -0.39 is 5.91 Å². The van der Waals surface area contributed by atoms with Crippen LogP contribution in [0.15, 0.2) is 36.8 Å². The highest BCUT2D eigenvalue weighted by Crippen LogP contribution is 2.34. The number of anilines is 1. The van der Waals surface area contributed by atoms with Crippen LogP contribution in [0.1, 0.15) is 35.7 Å². The van der Waals surface area contributed by atoms with Crippen molar-refractivity contribution < 1.29 is 14.6 Å². The minimum Gasteiger partial charge on any atom is -0.393 e. The molecular formula is C22H25N7O3. The van der Waals surface area contributed by atoms with Gasteiger partial charge in [-0.1, -0.05) is 0 Å². The first-order valence-electron chi connectivity index (χ1n) is 10.6. The van der Waals surface area contributed by atoms with Crippen LogP contribution in [0, 0.1) is 0 Å². The summed E-state index contributed by atoms with van der Waals surface area (Å²) in [4.78, 5) is 21.0. The second kappa shape index (κ2) is 8.21. The predicted molar refractivity (Wildman–Crippen MR) is 119 cm³/mol. The Morgan fingerprint density at radius 3 is 2.69 bits per heavy atom. The average molecular weight is 435 g/mol. The number of nitrogens with one attached hydrogen (secondary N) is 1. The normalized spacial score (nSPS) is 16.3. The summed E-state index contributed by atoms with van der Waals surface area (Å²) in [6, 6.07) is 6.08. The van der Waals surface area contributed by atoms with Crippen LogP contribution in [0.25, 0.3) is 27.9 Å². The third kappa shape index (κ3) is 3.47. The van der Waals surface area contributed by atoms with Crippen molar-refractivity contribution in [1.29, 1.82) is 0 Å². The molecule has 0 radical (unpaired) electrons. The van der Waals surface area contributed by atoms with Gasteiger partial charge in [0.25, 0.3) is 5.91 Å². The molecule has 1 saturated carbocycles. The van der Waals surface area contributed by atoms with Crippen LogP contribution in [0.2, 0.25) is 0 Å². The van der Waals surface area contributed by atoms with E-state index in [2.05, 4.69) is 25.0 Å². The Morgan fingerprint density at radius 2 is 2.09 bits per heavy atom. The first-order chi connectivity index (χ1) is 15.6. The molecule has 10 heteroatoms. The Balaban J connectivity index is 0.000000383. The maximum Gasteiger partial charge on any atom is 0.254 e. The number of hydrogen-bond acceptors (Lipinski definition) is 7. The van der Waals surface area contributed by atoms with Crippen LogP contribution >= 0.6 is 0 Å². The third-order valence-corrected chi connectivity index (χ3v) is 5.95. The summed E-state index contributed by atoms with van der Waals surface area (Å²) in [6.45, 7) is 1.34. The maximum atomic E-state index is 11.8. The molecule has 166 valence electrons. The quantitative estimate of drug-likeness (QED) is 0.446. The van der Waals surface area contributed by atoms with Gasteiger partial charge in [0.1, 0.15) is 17.0 Å². The molecule has 4 aromatic rings. The maximum absolute atomic E-state index is 11.8. The van der Waals surface area contributed by atoms with Gasteiger partial charge < -0.3 is 25.5 Å². The zero-order valence-electron chi connectivity index (χ0n) is 17.7. The first-order valence-corrected chi connectivity index (χ1v) is 10.6. The summed E-state index contributed by atoms with van der Waals surface area (Å²) < 4.78 is 9.04. The molecule has 1 amide bonds. The number of carbonyl (C=O) groups is 1. The number of nitrogens with two attached hydrogens (primary N) is 1. The molecule has 0 bridgehead atoms. The number of amides is 1. The van der Waals surface area contributed by atoms with Gasteiger partial charge in [0.2, 0.25) is 0 Å². The molecular weight excluding hydrogens is 410 g/mol. The van der Waals surface area contributed by atoms with Crippen molar-refractivity contribution in [1.82, 2.24) is 24.1 Å². The van der Waals surface area contributed by atoms with Gasteiger partial charge in [-0.05, 0) is 31.4 Å². The summed E-state index contributed by atoms with van der Waals surface area (Å²) in [5.74, 6) is 0.145. The van der Waals surface area contributed by atoms with Gasteiger partial charge in [-0.15, -0.1) is 0 Å². The Bertz CT molecular complexity index is 1290. The molecule has 1 aliphatic heterocycles. The lowest BCUT2D eigenvalue weighted by Crippen LogP contribution is -2.30. The van der Waals surface area contributed by atoms with E-state index in [-0.39, 0.29) is 17.7 Å². The molecule has 6 rings (SSSR count). The minimum absolute atomic E-state index is 0.0648. The van der Waals surface area contributed by atoms with Crippen molar-refractivity contribution in [3.05, 3.63) is 42.4 Å². The molecule has 10 nitrogen and oxygen atoms in total. The molecule has 0 spiro atoms. The number of pyridine rings is 1. The number of primary amides is 1. The minimum atomic E-state index is -0.563. The van der Waals surface area contributed by atoms with Crippen molar-refractivity contribution in [2.24, 2.45) is 5.73 Å². The average Bonchev–Trinajstić information content (AvgIpc) is 3.33. The number of ether oxygens (including phenoxy) is 1. The Kier molecular flexibility index (Phi) is 5.24. The lowest BCUT2D eigenvalue weighted by Gasteiger charge is -2.27. The zero-order chi connectivity index (χ0) is 22.2. The summed E-state index contributed by atoms with van der Waals surface area (Å²) in [7, 11) is 1.79. The van der Waals surface area contributed by atoms with Gasteiger partial charge in [0.15, 0.2) is 5.65 Å². The largest absolute Gasteiger partial charge is 0.393 e. The third-order valence-electron chi connectivity index (χ3n) is 5.95. The van der Waals surface area contributed by atoms with Crippen LogP contribution in [0.5, 0.6) is 0 Å². The highest BCUT2D eigenvalue weighted by atomic mass is 16.5. The van der Waals surface area contributed by atoms with Gasteiger partial charge in [-0.3, -0.25) is 4.79 Å². The number of hydrogen-bond donors (Lipinski definition) is 3. The van der Waals surface area contributed by atoms with Crippen molar-refractivity contribution in [2.45, 2.75) is 31.4 Å². The van der Waals surface area contributed by atoms with Crippen molar-refractivity contribution >= 4 is 28.4 Å². The van der Waals surface area contributed by atoms with Crippen molar-refractivity contribution in [3.63, 3.8) is 0 Å². The van der Waals surface area contributed by atoms with Crippen LogP contribution in [-0.2, 0) is 4.74 Å². The molecule has 2 fully saturated rings. The lowest BCUT2D eigenvalue weighted by molar-refractivity contribution is -0.0215. The van der Waals surface area contributed by atoms with Gasteiger partial charge >= 0.3 is 0 Å². The van der Waals surface area contributed by atoms with Crippen LogP contribution in [0.4, 0.5) is 5.82 Å². The van der Waals surface area contributed by atoms with E-state index in [4.69, 9.17) is 15.6 Å². The van der Waals surface area contributed by atoms with E-state index >= 15 is 0 Å². The second-order valence-corrected chi connectivity index (χ2v) is 8.04. The topological polar surface area (TPSA) is 133 Å². The number of fused-ring (bicyclic) bond motifs is 2. The lowest BCUT2D eigenvalue weighted by atomic mass is 9.97. The molecule has 0 unspecified atom stereocenters. The van der Waals surface area contributed by atoms with E-state index in [9.17, 15) is 4.79 Å². The molecule has 0 aromatic carbocycles. The molecule has 4 aromatic heterocycles. The van der Waals surface area contributed by atoms with E-state index in [0.29, 0.717) is 30.4 Å². The monoisotopic (exact) mass is 435 g/mol. The molecule has 32 heavy (non-hydrogen) atoms. The number of carbonyl (C=O) groups excluding carboxylic acids is 1. The molecule has 5 heterocycles. The molecule has 2 aliphatic rings. The highest BCUT2D eigenvalue weighted by molar-refractivity contribution is 6.00. The van der Waals surface area contributed by atoms with Gasteiger partial charge in [-0.2, -0.15) is 9.61 Å². The fourth-order valence-electron chi connectivity index (χ4n) is 3.79. The number of nitrogens with zero attached hydrogens (tertiary/aromatic N) is 5. The first kappa shape index (κ1) is 20.4.